The second-order valence-electron chi connectivity index (χ2n) is 3.77. The van der Waals surface area contributed by atoms with Gasteiger partial charge in [-0.25, -0.2) is 0 Å². The predicted octanol–water partition coefficient (Wildman–Crippen LogP) is 1.40. The van der Waals surface area contributed by atoms with Gasteiger partial charge in [0.1, 0.15) is 0 Å². The van der Waals surface area contributed by atoms with Gasteiger partial charge in [0.2, 0.25) is 0 Å². The molecule has 2 fully saturated rings. The molecule has 1 N–H and O–H groups in total. The molecule has 0 aromatic rings. The Morgan fingerprint density at radius 1 is 1.27 bits per heavy atom. The van der Waals surface area contributed by atoms with Crippen LogP contribution in [0.1, 0.15) is 25.7 Å². The molecule has 0 heterocycles. The first kappa shape index (κ1) is 7.18. The second kappa shape index (κ2) is 2.87. The van der Waals surface area contributed by atoms with Crippen LogP contribution in [0, 0.1) is 24.2 Å². The number of rotatable bonds is 3. The highest BCUT2D eigenvalue weighted by atomic mass is 14.9. The molecule has 2 unspecified atom stereocenters. The Morgan fingerprint density at radius 2 is 2.09 bits per heavy atom. The van der Waals surface area contributed by atoms with Crippen LogP contribution < -0.4 is 5.32 Å². The highest BCUT2D eigenvalue weighted by molar-refractivity contribution is 4.98. The Labute approximate surface area is 68.6 Å². The molecule has 0 amide bonds. The van der Waals surface area contributed by atoms with Gasteiger partial charge in [-0.1, -0.05) is 5.92 Å². The average Bonchev–Trinajstić information content (AvgIpc) is 2.70. The van der Waals surface area contributed by atoms with Crippen molar-refractivity contribution in [2.75, 3.05) is 6.54 Å². The predicted molar refractivity (Wildman–Crippen MR) is 46.1 cm³/mol. The van der Waals surface area contributed by atoms with Crippen LogP contribution in [0.5, 0.6) is 0 Å². The van der Waals surface area contributed by atoms with Gasteiger partial charge in [0.05, 0.1) is 6.54 Å². The van der Waals surface area contributed by atoms with Crippen molar-refractivity contribution in [2.24, 2.45) is 11.8 Å². The minimum absolute atomic E-state index is 0.758. The van der Waals surface area contributed by atoms with Crippen molar-refractivity contribution in [1.82, 2.24) is 5.32 Å². The third-order valence-electron chi connectivity index (χ3n) is 3.02. The molecule has 2 aliphatic rings. The molecule has 0 radical (unpaired) electrons. The van der Waals surface area contributed by atoms with Crippen molar-refractivity contribution in [3.63, 3.8) is 0 Å². The Hall–Kier alpha value is -0.480. The van der Waals surface area contributed by atoms with Gasteiger partial charge in [-0.3, -0.25) is 0 Å². The molecule has 0 saturated heterocycles. The molecular formula is C10H15N. The lowest BCUT2D eigenvalue weighted by atomic mass is 9.76. The normalized spacial score (nSPS) is 35.9. The summed E-state index contributed by atoms with van der Waals surface area (Å²) in [6.07, 6.45) is 10.9. The van der Waals surface area contributed by atoms with Crippen LogP contribution in [0.3, 0.4) is 0 Å². The summed E-state index contributed by atoms with van der Waals surface area (Å²) in [5, 5.41) is 3.40. The molecule has 2 aliphatic carbocycles. The first-order valence-electron chi connectivity index (χ1n) is 4.58. The molecule has 1 nitrogen and oxygen atoms in total. The van der Waals surface area contributed by atoms with E-state index in [4.69, 9.17) is 6.42 Å². The maximum Gasteiger partial charge on any atom is 0.0576 e. The highest BCUT2D eigenvalue weighted by Gasteiger charge is 2.41. The summed E-state index contributed by atoms with van der Waals surface area (Å²) >= 11 is 0. The molecule has 0 aromatic carbocycles. The van der Waals surface area contributed by atoms with Crippen LogP contribution in [-0.4, -0.2) is 12.6 Å². The standard InChI is InChI=1S/C10H15N/c1-2-7-11-10-6-5-9(10)8-3-4-8/h1,8-11H,3-7H2. The second-order valence-corrected chi connectivity index (χ2v) is 3.77. The summed E-state index contributed by atoms with van der Waals surface area (Å²) in [5.74, 6) is 4.67. The summed E-state index contributed by atoms with van der Waals surface area (Å²) in [6.45, 7) is 0.758. The smallest absolute Gasteiger partial charge is 0.0576 e. The molecule has 2 saturated carbocycles. The summed E-state index contributed by atoms with van der Waals surface area (Å²) in [6, 6.07) is 0.763. The molecule has 60 valence electrons. The molecule has 2 atom stereocenters. The van der Waals surface area contributed by atoms with Crippen molar-refractivity contribution in [3.05, 3.63) is 0 Å². The summed E-state index contributed by atoms with van der Waals surface area (Å²) < 4.78 is 0. The van der Waals surface area contributed by atoms with Gasteiger partial charge in [0.25, 0.3) is 0 Å². The highest BCUT2D eigenvalue weighted by Crippen LogP contribution is 2.46. The third kappa shape index (κ3) is 1.41. The molecule has 1 heteroatoms. The monoisotopic (exact) mass is 149 g/mol. The van der Waals surface area contributed by atoms with Crippen molar-refractivity contribution in [1.29, 1.82) is 0 Å². The molecule has 0 aromatic heterocycles. The van der Waals surface area contributed by atoms with Crippen LogP contribution in [-0.2, 0) is 0 Å². The van der Waals surface area contributed by atoms with Gasteiger partial charge < -0.3 is 5.32 Å². The fraction of sp³-hybridized carbons (Fsp3) is 0.800. The quantitative estimate of drug-likeness (QED) is 0.598. The Kier molecular flexibility index (Phi) is 1.87. The molecule has 0 spiro atoms. The fourth-order valence-electron chi connectivity index (χ4n) is 2.06. The van der Waals surface area contributed by atoms with E-state index >= 15 is 0 Å². The number of hydrogen-bond acceptors (Lipinski definition) is 1. The first-order chi connectivity index (χ1) is 5.42. The van der Waals surface area contributed by atoms with E-state index in [-0.39, 0.29) is 0 Å². The molecule has 11 heavy (non-hydrogen) atoms. The van der Waals surface area contributed by atoms with Crippen molar-refractivity contribution in [3.8, 4) is 12.3 Å². The van der Waals surface area contributed by atoms with Crippen LogP contribution in [0.25, 0.3) is 0 Å². The van der Waals surface area contributed by atoms with E-state index in [0.29, 0.717) is 0 Å². The van der Waals surface area contributed by atoms with Crippen LogP contribution in [0.15, 0.2) is 0 Å². The summed E-state index contributed by atoms with van der Waals surface area (Å²) in [4.78, 5) is 0. The van der Waals surface area contributed by atoms with Gasteiger partial charge in [-0.15, -0.1) is 6.42 Å². The van der Waals surface area contributed by atoms with Crippen LogP contribution >= 0.6 is 0 Å². The van der Waals surface area contributed by atoms with E-state index < -0.39 is 0 Å². The third-order valence-corrected chi connectivity index (χ3v) is 3.02. The number of terminal acetylenes is 1. The van der Waals surface area contributed by atoms with Gasteiger partial charge in [-0.2, -0.15) is 0 Å². The van der Waals surface area contributed by atoms with Crippen molar-refractivity contribution in [2.45, 2.75) is 31.7 Å². The lowest BCUT2D eigenvalue weighted by Crippen LogP contribution is -2.45. The van der Waals surface area contributed by atoms with E-state index in [1.807, 2.05) is 0 Å². The van der Waals surface area contributed by atoms with Crippen LogP contribution in [0.2, 0.25) is 0 Å². The molecule has 0 bridgehead atoms. The summed E-state index contributed by atoms with van der Waals surface area (Å²) in [5.41, 5.74) is 0. The van der Waals surface area contributed by atoms with Gasteiger partial charge in [0.15, 0.2) is 0 Å². The van der Waals surface area contributed by atoms with Gasteiger partial charge in [-0.05, 0) is 37.5 Å². The first-order valence-corrected chi connectivity index (χ1v) is 4.58. The van der Waals surface area contributed by atoms with E-state index in [1.54, 1.807) is 0 Å². The largest absolute Gasteiger partial charge is 0.303 e. The molecule has 2 rings (SSSR count). The lowest BCUT2D eigenvalue weighted by Gasteiger charge is -2.37. The topological polar surface area (TPSA) is 12.0 Å². The Balaban J connectivity index is 1.73. The molecule has 0 aliphatic heterocycles. The number of nitrogens with one attached hydrogen (secondary N) is 1. The Morgan fingerprint density at radius 3 is 2.55 bits per heavy atom. The fourth-order valence-corrected chi connectivity index (χ4v) is 2.06. The lowest BCUT2D eigenvalue weighted by molar-refractivity contribution is 0.189. The zero-order valence-electron chi connectivity index (χ0n) is 6.84. The van der Waals surface area contributed by atoms with E-state index in [0.717, 1.165) is 24.4 Å². The Bertz CT molecular complexity index is 176. The molecular weight excluding hydrogens is 134 g/mol. The minimum atomic E-state index is 0.758. The van der Waals surface area contributed by atoms with Crippen molar-refractivity contribution >= 4 is 0 Å². The van der Waals surface area contributed by atoms with Crippen molar-refractivity contribution < 1.29 is 0 Å². The maximum atomic E-state index is 5.18. The van der Waals surface area contributed by atoms with E-state index in [9.17, 15) is 0 Å². The van der Waals surface area contributed by atoms with E-state index in [2.05, 4.69) is 11.2 Å². The van der Waals surface area contributed by atoms with E-state index in [1.165, 1.54) is 25.7 Å². The zero-order chi connectivity index (χ0) is 7.68. The minimum Gasteiger partial charge on any atom is -0.303 e. The maximum absolute atomic E-state index is 5.18. The SMILES string of the molecule is C#CCNC1CCC1C1CC1. The van der Waals surface area contributed by atoms with Gasteiger partial charge >= 0.3 is 0 Å². The number of hydrogen-bond donors (Lipinski definition) is 1. The average molecular weight is 149 g/mol. The summed E-state index contributed by atoms with van der Waals surface area (Å²) in [7, 11) is 0. The van der Waals surface area contributed by atoms with Gasteiger partial charge in [0, 0.05) is 6.04 Å². The van der Waals surface area contributed by atoms with Crippen LogP contribution in [0.4, 0.5) is 0 Å². The zero-order valence-corrected chi connectivity index (χ0v) is 6.84.